The lowest BCUT2D eigenvalue weighted by Gasteiger charge is -2.38. The molecule has 0 unspecified atom stereocenters. The SMILES string of the molecule is CC1=C(C)S(C)(C)C(P(c2ccccc2)c2ccccc2)=C1P(c1ccccc1)c1ccccc1. The number of hydrogen-bond donors (Lipinski definition) is 0. The van der Waals surface area contributed by atoms with Gasteiger partial charge in [-0.15, -0.1) is 0 Å². The van der Waals surface area contributed by atoms with Gasteiger partial charge in [0.1, 0.15) is 0 Å². The molecule has 0 nitrogen and oxygen atoms in total. The van der Waals surface area contributed by atoms with E-state index < -0.39 is 25.9 Å². The molecule has 0 saturated heterocycles. The van der Waals surface area contributed by atoms with Gasteiger partial charge in [-0.2, -0.15) is 10.0 Å². The topological polar surface area (TPSA) is 0 Å². The van der Waals surface area contributed by atoms with Crippen molar-refractivity contribution in [3.8, 4) is 0 Å². The van der Waals surface area contributed by atoms with Crippen molar-refractivity contribution in [2.24, 2.45) is 0 Å². The van der Waals surface area contributed by atoms with Crippen molar-refractivity contribution < 1.29 is 0 Å². The highest BCUT2D eigenvalue weighted by atomic mass is 32.3. The fraction of sp³-hybridized carbons (Fsp3) is 0.125. The molecule has 5 rings (SSSR count). The van der Waals surface area contributed by atoms with Crippen LogP contribution in [0, 0.1) is 0 Å². The van der Waals surface area contributed by atoms with Crippen LogP contribution in [0.1, 0.15) is 13.8 Å². The van der Waals surface area contributed by atoms with E-state index in [-0.39, 0.29) is 0 Å². The highest BCUT2D eigenvalue weighted by Crippen LogP contribution is 2.76. The van der Waals surface area contributed by atoms with Gasteiger partial charge in [-0.05, 0) is 73.9 Å². The largest absolute Gasteiger partial charge is 0.196 e. The van der Waals surface area contributed by atoms with Gasteiger partial charge >= 0.3 is 0 Å². The van der Waals surface area contributed by atoms with Crippen LogP contribution in [0.3, 0.4) is 0 Å². The van der Waals surface area contributed by atoms with Crippen LogP contribution in [-0.4, -0.2) is 12.5 Å². The monoisotopic (exact) mass is 510 g/mol. The van der Waals surface area contributed by atoms with E-state index in [0.717, 1.165) is 0 Å². The zero-order chi connectivity index (χ0) is 24.4. The fourth-order valence-corrected chi connectivity index (χ4v) is 15.6. The fourth-order valence-electron chi connectivity index (χ4n) is 4.79. The first-order valence-corrected chi connectivity index (χ1v) is 17.1. The molecule has 1 aliphatic rings. The van der Waals surface area contributed by atoms with Gasteiger partial charge < -0.3 is 0 Å². The molecule has 0 amide bonds. The second-order valence-electron chi connectivity index (χ2n) is 9.17. The molecule has 0 fully saturated rings. The smallest absolute Gasteiger partial charge is 0.0122 e. The Morgan fingerprint density at radius 1 is 0.457 bits per heavy atom. The number of allylic oxidation sites excluding steroid dienone is 3. The Hall–Kier alpha value is -2.43. The van der Waals surface area contributed by atoms with E-state index in [0.29, 0.717) is 0 Å². The highest BCUT2D eigenvalue weighted by Gasteiger charge is 2.41. The molecule has 0 aliphatic carbocycles. The predicted molar refractivity (Wildman–Crippen MR) is 163 cm³/mol. The summed E-state index contributed by atoms with van der Waals surface area (Å²) in [7, 11) is -2.44. The molecule has 0 radical (unpaired) electrons. The number of benzene rings is 4. The maximum atomic E-state index is 2.53. The normalized spacial score (nSPS) is 16.3. The third-order valence-corrected chi connectivity index (χ3v) is 17.0. The third kappa shape index (κ3) is 4.59. The van der Waals surface area contributed by atoms with Gasteiger partial charge in [0.15, 0.2) is 0 Å². The third-order valence-electron chi connectivity index (χ3n) is 6.82. The van der Waals surface area contributed by atoms with Gasteiger partial charge in [0.05, 0.1) is 0 Å². The standard InChI is InChI=1S/C32H32P2S/c1-25-26(2)35(3,4)32(34(29-21-13-7-14-22-29)30-23-15-8-16-24-30)31(25)33(27-17-9-5-10-18-27)28-19-11-6-12-20-28/h5-24H,1-4H3. The summed E-state index contributed by atoms with van der Waals surface area (Å²) in [5.74, 6) is 0. The Balaban J connectivity index is 1.86. The van der Waals surface area contributed by atoms with Gasteiger partial charge in [0.2, 0.25) is 0 Å². The Kier molecular flexibility index (Phi) is 7.13. The van der Waals surface area contributed by atoms with Crippen LogP contribution < -0.4 is 21.2 Å². The van der Waals surface area contributed by atoms with Crippen molar-refractivity contribution in [3.05, 3.63) is 142 Å². The van der Waals surface area contributed by atoms with Crippen LogP contribution in [0.2, 0.25) is 0 Å². The molecule has 0 spiro atoms. The Morgan fingerprint density at radius 2 is 0.771 bits per heavy atom. The molecule has 0 atom stereocenters. The van der Waals surface area contributed by atoms with E-state index in [9.17, 15) is 0 Å². The Bertz CT molecular complexity index is 1280. The maximum absolute atomic E-state index is 2.53. The average Bonchev–Trinajstić information content (AvgIpc) is 3.07. The number of hydrogen-bond acceptors (Lipinski definition) is 0. The summed E-state index contributed by atoms with van der Waals surface area (Å²) in [5.41, 5.74) is 1.51. The van der Waals surface area contributed by atoms with Crippen LogP contribution in [-0.2, 0) is 0 Å². The van der Waals surface area contributed by atoms with Gasteiger partial charge in [-0.1, -0.05) is 121 Å². The molecule has 4 aromatic carbocycles. The Labute approximate surface area is 214 Å². The first-order valence-electron chi connectivity index (χ1n) is 12.0. The summed E-state index contributed by atoms with van der Waals surface area (Å²) < 4.78 is 1.69. The first-order chi connectivity index (χ1) is 17.0. The zero-order valence-corrected chi connectivity index (χ0v) is 23.5. The average molecular weight is 511 g/mol. The van der Waals surface area contributed by atoms with Crippen molar-refractivity contribution in [1.82, 2.24) is 0 Å². The summed E-state index contributed by atoms with van der Waals surface area (Å²) in [5, 5.41) is 7.36. The molecule has 35 heavy (non-hydrogen) atoms. The lowest BCUT2D eigenvalue weighted by atomic mass is 10.3. The van der Waals surface area contributed by atoms with E-state index in [2.05, 4.69) is 148 Å². The van der Waals surface area contributed by atoms with Crippen LogP contribution in [0.25, 0.3) is 0 Å². The van der Waals surface area contributed by atoms with Crippen molar-refractivity contribution in [2.75, 3.05) is 12.5 Å². The van der Waals surface area contributed by atoms with Crippen LogP contribution in [0.15, 0.2) is 142 Å². The lowest BCUT2D eigenvalue weighted by Crippen LogP contribution is -2.18. The van der Waals surface area contributed by atoms with Crippen LogP contribution in [0.5, 0.6) is 0 Å². The summed E-state index contributed by atoms with van der Waals surface area (Å²) in [6.45, 7) is 4.78. The van der Waals surface area contributed by atoms with Gasteiger partial charge in [-0.25, -0.2) is 0 Å². The molecule has 4 aromatic rings. The van der Waals surface area contributed by atoms with Gasteiger partial charge in [0.25, 0.3) is 0 Å². The molecule has 3 heteroatoms. The first kappa shape index (κ1) is 24.3. The van der Waals surface area contributed by atoms with Crippen molar-refractivity contribution >= 4 is 47.1 Å². The molecule has 1 heterocycles. The second kappa shape index (κ2) is 10.3. The molecule has 0 N–H and O–H groups in total. The van der Waals surface area contributed by atoms with E-state index >= 15 is 0 Å². The van der Waals surface area contributed by atoms with Crippen molar-refractivity contribution in [2.45, 2.75) is 13.8 Å². The lowest BCUT2D eigenvalue weighted by molar-refractivity contribution is 1.44. The molecule has 1 aliphatic heterocycles. The number of rotatable bonds is 6. The molecule has 176 valence electrons. The molecular weight excluding hydrogens is 478 g/mol. The molecule has 0 aromatic heterocycles. The maximum Gasteiger partial charge on any atom is 0.0122 e. The van der Waals surface area contributed by atoms with Crippen molar-refractivity contribution in [3.63, 3.8) is 0 Å². The highest BCUT2D eigenvalue weighted by molar-refractivity contribution is 8.43. The quantitative estimate of drug-likeness (QED) is 0.232. The summed E-state index contributed by atoms with van der Waals surface area (Å²) in [4.78, 5) is 1.58. The summed E-state index contributed by atoms with van der Waals surface area (Å²) >= 11 is 0. The van der Waals surface area contributed by atoms with Crippen LogP contribution >= 0.6 is 25.9 Å². The second-order valence-corrected chi connectivity index (χ2v) is 17.5. The minimum Gasteiger partial charge on any atom is -0.196 e. The Morgan fingerprint density at radius 3 is 1.11 bits per heavy atom. The van der Waals surface area contributed by atoms with Crippen LogP contribution in [0.4, 0.5) is 0 Å². The van der Waals surface area contributed by atoms with Gasteiger partial charge in [-0.3, -0.25) is 0 Å². The van der Waals surface area contributed by atoms with E-state index in [1.807, 2.05) is 0 Å². The van der Waals surface area contributed by atoms with E-state index in [4.69, 9.17) is 0 Å². The molecule has 0 saturated carbocycles. The summed E-state index contributed by atoms with van der Waals surface area (Å²) in [6.07, 6.45) is 5.05. The summed E-state index contributed by atoms with van der Waals surface area (Å²) in [6, 6.07) is 44.9. The molecule has 0 bridgehead atoms. The van der Waals surface area contributed by atoms with E-state index in [1.165, 1.54) is 26.8 Å². The zero-order valence-electron chi connectivity index (χ0n) is 20.8. The molecular formula is C32H32P2S. The predicted octanol–water partition coefficient (Wildman–Crippen LogP) is 7.79. The van der Waals surface area contributed by atoms with E-state index in [1.54, 1.807) is 14.9 Å². The minimum absolute atomic E-state index is 0.655. The van der Waals surface area contributed by atoms with Crippen molar-refractivity contribution in [1.29, 1.82) is 0 Å². The van der Waals surface area contributed by atoms with Gasteiger partial charge in [0, 0.05) is 9.96 Å². The minimum atomic E-state index is -1.12.